The number of aromatic nitrogens is 5. The first kappa shape index (κ1) is 31.8. The van der Waals surface area contributed by atoms with Crippen LogP contribution in [0.25, 0.3) is 33.5 Å². The van der Waals surface area contributed by atoms with Crippen LogP contribution in [-0.2, 0) is 21.0 Å². The molecule has 9 nitrogen and oxygen atoms in total. The zero-order chi connectivity index (χ0) is 31.3. The van der Waals surface area contributed by atoms with Gasteiger partial charge in [0, 0.05) is 50.5 Å². The van der Waals surface area contributed by atoms with Crippen LogP contribution in [0.2, 0.25) is 25.7 Å². The summed E-state index contributed by atoms with van der Waals surface area (Å²) >= 11 is 0. The second-order valence-electron chi connectivity index (χ2n) is 13.9. The highest BCUT2D eigenvalue weighted by atomic mass is 28.3. The fraction of sp³-hybridized carbons (Fsp3) is 0.500. The fourth-order valence-corrected chi connectivity index (χ4v) is 6.25. The van der Waals surface area contributed by atoms with Gasteiger partial charge in [0.15, 0.2) is 0 Å². The highest BCUT2D eigenvalue weighted by Gasteiger charge is 2.28. The predicted molar refractivity (Wildman–Crippen MR) is 175 cm³/mol. The van der Waals surface area contributed by atoms with Gasteiger partial charge in [-0.25, -0.2) is 9.67 Å². The lowest BCUT2D eigenvalue weighted by Gasteiger charge is -2.29. The Morgan fingerprint density at radius 1 is 1.07 bits per heavy atom. The molecule has 1 fully saturated rings. The molecule has 1 saturated carbocycles. The Balaban J connectivity index is 1.37. The third-order valence-electron chi connectivity index (χ3n) is 7.67. The van der Waals surface area contributed by atoms with E-state index >= 15 is 0 Å². The van der Waals surface area contributed by atoms with Gasteiger partial charge in [0.05, 0.1) is 23.1 Å². The third-order valence-corrected chi connectivity index (χ3v) is 9.37. The van der Waals surface area contributed by atoms with Crippen LogP contribution in [0.4, 0.5) is 0 Å². The SMILES string of the molecule is CC(C)(C)OC(=O)C[C@H]1CCC[C@@H](Oc2cccc(-c3nn(COCC[Si](C)(C)C)c4cnc(-c5cccnc5)cc34)n2)C1. The van der Waals surface area contributed by atoms with Crippen LogP contribution in [0.1, 0.15) is 52.9 Å². The molecule has 0 radical (unpaired) electrons. The van der Waals surface area contributed by atoms with Crippen LogP contribution in [0.3, 0.4) is 0 Å². The van der Waals surface area contributed by atoms with E-state index in [1.54, 1.807) is 6.20 Å². The summed E-state index contributed by atoms with van der Waals surface area (Å²) < 4.78 is 19.9. The van der Waals surface area contributed by atoms with E-state index in [9.17, 15) is 4.79 Å². The van der Waals surface area contributed by atoms with Crippen molar-refractivity contribution in [2.45, 2.75) is 97.0 Å². The zero-order valence-corrected chi connectivity index (χ0v) is 27.9. The average Bonchev–Trinajstić information content (AvgIpc) is 3.32. The normalized spacial score (nSPS) is 17.5. The van der Waals surface area contributed by atoms with Crippen LogP contribution in [0.5, 0.6) is 5.88 Å². The number of fused-ring (bicyclic) bond motifs is 1. The van der Waals surface area contributed by atoms with Crippen LogP contribution in [0, 0.1) is 5.92 Å². The Hall–Kier alpha value is -3.63. The molecule has 1 aliphatic rings. The molecule has 0 saturated heterocycles. The molecular weight excluding hydrogens is 570 g/mol. The molecule has 4 aromatic rings. The summed E-state index contributed by atoms with van der Waals surface area (Å²) in [6.45, 7) is 13.8. The van der Waals surface area contributed by atoms with Crippen LogP contribution in [-0.4, -0.2) is 57.1 Å². The van der Waals surface area contributed by atoms with Crippen LogP contribution < -0.4 is 4.74 Å². The number of carbonyl (C=O) groups excluding carboxylic acids is 1. The molecule has 2 atom stereocenters. The Morgan fingerprint density at radius 3 is 2.66 bits per heavy atom. The largest absolute Gasteiger partial charge is 0.474 e. The molecule has 5 rings (SSSR count). The zero-order valence-electron chi connectivity index (χ0n) is 26.9. The number of rotatable bonds is 11. The minimum atomic E-state index is -1.21. The number of carbonyl (C=O) groups is 1. The van der Waals surface area contributed by atoms with Crippen molar-refractivity contribution in [1.29, 1.82) is 0 Å². The summed E-state index contributed by atoms with van der Waals surface area (Å²) in [5.41, 5.74) is 3.62. The molecule has 10 heteroatoms. The summed E-state index contributed by atoms with van der Waals surface area (Å²) in [6.07, 6.45) is 9.58. The van der Waals surface area contributed by atoms with Gasteiger partial charge in [0.1, 0.15) is 24.1 Å². The van der Waals surface area contributed by atoms with Crippen LogP contribution >= 0.6 is 0 Å². The van der Waals surface area contributed by atoms with Crippen molar-refractivity contribution in [3.05, 3.63) is 55.0 Å². The lowest BCUT2D eigenvalue weighted by molar-refractivity contribution is -0.156. The average molecular weight is 616 g/mol. The lowest BCUT2D eigenvalue weighted by Crippen LogP contribution is -2.29. The molecule has 0 amide bonds. The van der Waals surface area contributed by atoms with Gasteiger partial charge in [-0.1, -0.05) is 25.7 Å². The number of hydrogen-bond acceptors (Lipinski definition) is 8. The van der Waals surface area contributed by atoms with Gasteiger partial charge in [0.25, 0.3) is 0 Å². The first-order valence-corrected chi connectivity index (χ1v) is 19.3. The van der Waals surface area contributed by atoms with Crippen molar-refractivity contribution in [3.63, 3.8) is 0 Å². The Morgan fingerprint density at radius 2 is 1.91 bits per heavy atom. The Kier molecular flexibility index (Phi) is 9.80. The molecule has 44 heavy (non-hydrogen) atoms. The molecule has 0 N–H and O–H groups in total. The van der Waals surface area contributed by atoms with E-state index in [1.807, 2.05) is 74.2 Å². The molecule has 4 aromatic heterocycles. The minimum Gasteiger partial charge on any atom is -0.474 e. The maximum atomic E-state index is 12.4. The summed E-state index contributed by atoms with van der Waals surface area (Å²) in [4.78, 5) is 26.3. The van der Waals surface area contributed by atoms with E-state index in [-0.39, 0.29) is 18.0 Å². The maximum absolute atomic E-state index is 12.4. The van der Waals surface area contributed by atoms with E-state index in [1.165, 1.54) is 0 Å². The number of hydrogen-bond donors (Lipinski definition) is 0. The maximum Gasteiger partial charge on any atom is 0.306 e. The van der Waals surface area contributed by atoms with Crippen molar-refractivity contribution in [3.8, 4) is 28.5 Å². The van der Waals surface area contributed by atoms with E-state index in [4.69, 9.17) is 29.3 Å². The highest BCUT2D eigenvalue weighted by molar-refractivity contribution is 6.76. The van der Waals surface area contributed by atoms with Gasteiger partial charge in [0.2, 0.25) is 5.88 Å². The highest BCUT2D eigenvalue weighted by Crippen LogP contribution is 2.33. The lowest BCUT2D eigenvalue weighted by atomic mass is 9.85. The molecule has 0 aromatic carbocycles. The summed E-state index contributed by atoms with van der Waals surface area (Å²) in [5, 5.41) is 5.91. The van der Waals surface area contributed by atoms with Crippen molar-refractivity contribution >= 4 is 24.9 Å². The second kappa shape index (κ2) is 13.6. The quantitative estimate of drug-likeness (QED) is 0.0969. The predicted octanol–water partition coefficient (Wildman–Crippen LogP) is 7.54. The van der Waals surface area contributed by atoms with Gasteiger partial charge in [-0.05, 0) is 82.7 Å². The van der Waals surface area contributed by atoms with Crippen molar-refractivity contribution in [1.82, 2.24) is 24.7 Å². The van der Waals surface area contributed by atoms with Crippen molar-refractivity contribution < 1.29 is 19.0 Å². The van der Waals surface area contributed by atoms with Gasteiger partial charge >= 0.3 is 5.97 Å². The number of pyridine rings is 3. The molecular formula is C34H45N5O4Si. The van der Waals surface area contributed by atoms with E-state index < -0.39 is 13.7 Å². The summed E-state index contributed by atoms with van der Waals surface area (Å²) in [5.74, 6) is 0.655. The van der Waals surface area contributed by atoms with Crippen LogP contribution in [0.15, 0.2) is 55.0 Å². The molecule has 1 aliphatic carbocycles. The van der Waals surface area contributed by atoms with Gasteiger partial charge in [-0.2, -0.15) is 5.10 Å². The number of ether oxygens (including phenoxy) is 3. The first-order valence-electron chi connectivity index (χ1n) is 15.6. The van der Waals surface area contributed by atoms with E-state index in [0.29, 0.717) is 25.6 Å². The third kappa shape index (κ3) is 8.72. The molecule has 4 heterocycles. The summed E-state index contributed by atoms with van der Waals surface area (Å²) in [6, 6.07) is 12.8. The van der Waals surface area contributed by atoms with E-state index in [0.717, 1.165) is 65.3 Å². The number of nitrogens with zero attached hydrogens (tertiary/aromatic N) is 5. The minimum absolute atomic E-state index is 0.00520. The first-order chi connectivity index (χ1) is 20.9. The standard InChI is InChI=1S/C34H45N5O4Si/c1-34(2,3)43-32(40)19-24-10-7-12-26(18-24)42-31-14-8-13-28(37-31)33-27-20-29(25-11-9-15-35-21-25)36-22-30(27)39(38-33)23-41-16-17-44(4,5)6/h8-9,11,13-15,20-22,24,26H,7,10,12,16-19,23H2,1-6H3/t24-,26+/m0/s1. The second-order valence-corrected chi connectivity index (χ2v) is 19.6. The van der Waals surface area contributed by atoms with E-state index in [2.05, 4.69) is 24.6 Å². The molecule has 0 spiro atoms. The monoisotopic (exact) mass is 615 g/mol. The van der Waals surface area contributed by atoms with Gasteiger partial charge < -0.3 is 14.2 Å². The Bertz CT molecular complexity index is 1560. The van der Waals surface area contributed by atoms with Gasteiger partial charge in [-0.3, -0.25) is 14.8 Å². The molecule has 0 aliphatic heterocycles. The van der Waals surface area contributed by atoms with Crippen molar-refractivity contribution in [2.24, 2.45) is 5.92 Å². The smallest absolute Gasteiger partial charge is 0.306 e. The molecule has 0 bridgehead atoms. The van der Waals surface area contributed by atoms with Crippen molar-refractivity contribution in [2.75, 3.05) is 6.61 Å². The number of esters is 1. The fourth-order valence-electron chi connectivity index (χ4n) is 5.50. The van der Waals surface area contributed by atoms with Gasteiger partial charge in [-0.15, -0.1) is 0 Å². The molecule has 0 unspecified atom stereocenters. The topological polar surface area (TPSA) is 101 Å². The molecule has 234 valence electrons. The summed E-state index contributed by atoms with van der Waals surface area (Å²) in [7, 11) is -1.21. The Labute approximate surface area is 261 Å².